The van der Waals surface area contributed by atoms with Gasteiger partial charge in [-0.25, -0.2) is 0 Å². The smallest absolute Gasteiger partial charge is 0.232 e. The highest BCUT2D eigenvalue weighted by Gasteiger charge is 2.28. The van der Waals surface area contributed by atoms with Crippen molar-refractivity contribution >= 4 is 0 Å². The van der Waals surface area contributed by atoms with Crippen LogP contribution in [-0.2, 0) is 12.0 Å². The Labute approximate surface area is 120 Å². The lowest BCUT2D eigenvalue weighted by atomic mass is 9.97. The van der Waals surface area contributed by atoms with Crippen LogP contribution in [0.25, 0.3) is 0 Å². The van der Waals surface area contributed by atoms with Gasteiger partial charge in [0.05, 0.1) is 6.54 Å². The van der Waals surface area contributed by atoms with Crippen molar-refractivity contribution in [3.05, 3.63) is 11.7 Å². The number of hydrogen-bond acceptors (Lipinski definition) is 6. The first-order valence-electron chi connectivity index (χ1n) is 7.52. The molecule has 20 heavy (non-hydrogen) atoms. The molecule has 0 atom stereocenters. The van der Waals surface area contributed by atoms with Gasteiger partial charge < -0.3 is 9.84 Å². The van der Waals surface area contributed by atoms with Crippen LogP contribution in [0.5, 0.6) is 0 Å². The second-order valence-electron chi connectivity index (χ2n) is 6.89. The summed E-state index contributed by atoms with van der Waals surface area (Å²) in [6.45, 7) is 13.9. The van der Waals surface area contributed by atoms with E-state index >= 15 is 0 Å². The Balaban J connectivity index is 1.50. The largest absolute Gasteiger partial charge is 0.339 e. The van der Waals surface area contributed by atoms with E-state index < -0.39 is 0 Å². The zero-order valence-electron chi connectivity index (χ0n) is 12.7. The second kappa shape index (κ2) is 5.42. The number of aromatic nitrogens is 2. The number of rotatable bonds is 3. The standard InChI is InChI=1S/C14H25N5O/c1-14(2,3)13-16-12(17-20-13)10-18-4-6-19(7-5-18)11-8-15-9-11/h11,15H,4-10H2,1-3H3. The van der Waals surface area contributed by atoms with Crippen LogP contribution in [0.4, 0.5) is 0 Å². The summed E-state index contributed by atoms with van der Waals surface area (Å²) >= 11 is 0. The first-order chi connectivity index (χ1) is 9.52. The van der Waals surface area contributed by atoms with Crippen molar-refractivity contribution in [1.82, 2.24) is 25.3 Å². The average Bonchev–Trinajstić information content (AvgIpc) is 2.78. The van der Waals surface area contributed by atoms with E-state index in [1.54, 1.807) is 0 Å². The van der Waals surface area contributed by atoms with E-state index in [9.17, 15) is 0 Å². The summed E-state index contributed by atoms with van der Waals surface area (Å²) in [6, 6.07) is 0.759. The molecule has 0 bridgehead atoms. The quantitative estimate of drug-likeness (QED) is 0.867. The minimum Gasteiger partial charge on any atom is -0.339 e. The molecule has 3 heterocycles. The highest BCUT2D eigenvalue weighted by atomic mass is 16.5. The summed E-state index contributed by atoms with van der Waals surface area (Å²) in [5.41, 5.74) is -0.0683. The van der Waals surface area contributed by atoms with E-state index in [-0.39, 0.29) is 5.41 Å². The Morgan fingerprint density at radius 2 is 1.90 bits per heavy atom. The molecule has 0 amide bonds. The molecule has 0 spiro atoms. The molecule has 0 unspecified atom stereocenters. The molecular weight excluding hydrogens is 254 g/mol. The van der Waals surface area contributed by atoms with Crippen molar-refractivity contribution in [3.8, 4) is 0 Å². The maximum atomic E-state index is 5.35. The fourth-order valence-electron chi connectivity index (χ4n) is 2.64. The number of nitrogens with one attached hydrogen (secondary N) is 1. The van der Waals surface area contributed by atoms with Crippen LogP contribution in [0, 0.1) is 0 Å². The monoisotopic (exact) mass is 279 g/mol. The predicted molar refractivity (Wildman–Crippen MR) is 76.5 cm³/mol. The Bertz CT molecular complexity index is 441. The number of nitrogens with zero attached hydrogens (tertiary/aromatic N) is 4. The molecule has 6 heteroatoms. The molecule has 2 aliphatic rings. The Morgan fingerprint density at radius 3 is 2.40 bits per heavy atom. The first kappa shape index (κ1) is 14.0. The minimum atomic E-state index is -0.0683. The summed E-state index contributed by atoms with van der Waals surface area (Å²) in [6.07, 6.45) is 0. The molecule has 0 radical (unpaired) electrons. The zero-order valence-corrected chi connectivity index (χ0v) is 12.7. The van der Waals surface area contributed by atoms with Crippen LogP contribution < -0.4 is 5.32 Å². The van der Waals surface area contributed by atoms with Gasteiger partial charge in [0.25, 0.3) is 0 Å². The molecule has 112 valence electrons. The molecule has 2 aliphatic heterocycles. The fraction of sp³-hybridized carbons (Fsp3) is 0.857. The lowest BCUT2D eigenvalue weighted by Gasteiger charge is -2.43. The van der Waals surface area contributed by atoms with Crippen LogP contribution in [-0.4, -0.2) is 65.3 Å². The third-order valence-corrected chi connectivity index (χ3v) is 4.16. The minimum absolute atomic E-state index is 0.0683. The molecule has 1 N–H and O–H groups in total. The third kappa shape index (κ3) is 3.02. The summed E-state index contributed by atoms with van der Waals surface area (Å²) < 4.78 is 5.35. The van der Waals surface area contributed by atoms with Gasteiger partial charge in [-0.15, -0.1) is 0 Å². The fourth-order valence-corrected chi connectivity index (χ4v) is 2.64. The topological polar surface area (TPSA) is 57.4 Å². The van der Waals surface area contributed by atoms with Gasteiger partial charge in [-0.3, -0.25) is 9.80 Å². The molecule has 6 nitrogen and oxygen atoms in total. The molecular formula is C14H25N5O. The molecule has 2 fully saturated rings. The van der Waals surface area contributed by atoms with Gasteiger partial charge in [0.2, 0.25) is 5.89 Å². The van der Waals surface area contributed by atoms with Gasteiger partial charge in [0.15, 0.2) is 5.82 Å². The van der Waals surface area contributed by atoms with Gasteiger partial charge in [-0.05, 0) is 0 Å². The predicted octanol–water partition coefficient (Wildman–Crippen LogP) is 0.457. The molecule has 3 rings (SSSR count). The van der Waals surface area contributed by atoms with Gasteiger partial charge in [0.1, 0.15) is 0 Å². The average molecular weight is 279 g/mol. The molecule has 2 saturated heterocycles. The summed E-state index contributed by atoms with van der Waals surface area (Å²) in [5.74, 6) is 1.54. The third-order valence-electron chi connectivity index (χ3n) is 4.16. The van der Waals surface area contributed by atoms with Crippen LogP contribution in [0.15, 0.2) is 4.52 Å². The molecule has 1 aromatic rings. The molecule has 0 aliphatic carbocycles. The van der Waals surface area contributed by atoms with E-state index in [1.807, 2.05) is 0 Å². The maximum absolute atomic E-state index is 5.35. The van der Waals surface area contributed by atoms with Crippen molar-refractivity contribution in [2.75, 3.05) is 39.3 Å². The summed E-state index contributed by atoms with van der Waals surface area (Å²) in [7, 11) is 0. The van der Waals surface area contributed by atoms with E-state index in [4.69, 9.17) is 4.52 Å². The summed E-state index contributed by atoms with van der Waals surface area (Å²) in [4.78, 5) is 9.52. The van der Waals surface area contributed by atoms with Crippen LogP contribution in [0.3, 0.4) is 0 Å². The molecule has 1 aromatic heterocycles. The Hall–Kier alpha value is -0.980. The molecule has 0 saturated carbocycles. The van der Waals surface area contributed by atoms with Gasteiger partial charge in [-0.1, -0.05) is 25.9 Å². The lowest BCUT2D eigenvalue weighted by Crippen LogP contribution is -2.61. The van der Waals surface area contributed by atoms with Crippen molar-refractivity contribution in [2.24, 2.45) is 0 Å². The van der Waals surface area contributed by atoms with E-state index in [0.29, 0.717) is 0 Å². The van der Waals surface area contributed by atoms with E-state index in [0.717, 1.165) is 63.6 Å². The SMILES string of the molecule is CC(C)(C)c1nc(CN2CCN(C3CNC3)CC2)no1. The van der Waals surface area contributed by atoms with E-state index in [1.165, 1.54) is 0 Å². The van der Waals surface area contributed by atoms with Crippen molar-refractivity contribution in [2.45, 2.75) is 38.8 Å². The highest BCUT2D eigenvalue weighted by molar-refractivity contribution is 4.98. The Kier molecular flexibility index (Phi) is 3.79. The highest BCUT2D eigenvalue weighted by Crippen LogP contribution is 2.20. The van der Waals surface area contributed by atoms with Gasteiger partial charge in [0, 0.05) is 50.7 Å². The maximum Gasteiger partial charge on any atom is 0.232 e. The van der Waals surface area contributed by atoms with Crippen LogP contribution >= 0.6 is 0 Å². The Morgan fingerprint density at radius 1 is 1.20 bits per heavy atom. The van der Waals surface area contributed by atoms with E-state index in [2.05, 4.69) is 46.0 Å². The normalized spacial score (nSPS) is 22.9. The van der Waals surface area contributed by atoms with Crippen molar-refractivity contribution < 1.29 is 4.52 Å². The van der Waals surface area contributed by atoms with Crippen molar-refractivity contribution in [3.63, 3.8) is 0 Å². The number of hydrogen-bond donors (Lipinski definition) is 1. The summed E-state index contributed by atoms with van der Waals surface area (Å²) in [5, 5.41) is 7.45. The molecule has 0 aromatic carbocycles. The number of piperazine rings is 1. The van der Waals surface area contributed by atoms with Crippen LogP contribution in [0.2, 0.25) is 0 Å². The first-order valence-corrected chi connectivity index (χ1v) is 7.52. The second-order valence-corrected chi connectivity index (χ2v) is 6.89. The van der Waals surface area contributed by atoms with Crippen LogP contribution in [0.1, 0.15) is 32.5 Å². The zero-order chi connectivity index (χ0) is 14.2. The van der Waals surface area contributed by atoms with Gasteiger partial charge >= 0.3 is 0 Å². The lowest BCUT2D eigenvalue weighted by molar-refractivity contribution is 0.0681. The van der Waals surface area contributed by atoms with Crippen molar-refractivity contribution in [1.29, 1.82) is 0 Å². The van der Waals surface area contributed by atoms with Gasteiger partial charge in [-0.2, -0.15) is 4.98 Å².